The van der Waals surface area contributed by atoms with Crippen LogP contribution in [0, 0.1) is 5.41 Å². The lowest BCUT2D eigenvalue weighted by Crippen LogP contribution is -2.40. The molecule has 19 heavy (non-hydrogen) atoms. The van der Waals surface area contributed by atoms with Gasteiger partial charge in [-0.05, 0) is 17.4 Å². The Labute approximate surface area is 115 Å². The van der Waals surface area contributed by atoms with E-state index in [2.05, 4.69) is 38.2 Å². The second-order valence-corrected chi connectivity index (χ2v) is 6.60. The Morgan fingerprint density at radius 1 is 1.37 bits per heavy atom. The van der Waals surface area contributed by atoms with Crippen molar-refractivity contribution >= 4 is 5.91 Å². The lowest BCUT2D eigenvalue weighted by Gasteiger charge is -2.26. The van der Waals surface area contributed by atoms with Crippen molar-refractivity contribution in [2.45, 2.75) is 51.6 Å². The molecule has 2 rings (SSSR count). The highest BCUT2D eigenvalue weighted by Gasteiger charge is 2.39. The van der Waals surface area contributed by atoms with Crippen molar-refractivity contribution in [2.24, 2.45) is 11.1 Å². The highest BCUT2D eigenvalue weighted by molar-refractivity contribution is 5.77. The Morgan fingerprint density at radius 3 is 2.58 bits per heavy atom. The summed E-state index contributed by atoms with van der Waals surface area (Å²) >= 11 is 0. The van der Waals surface area contributed by atoms with E-state index in [4.69, 9.17) is 5.73 Å². The zero-order chi connectivity index (χ0) is 14.0. The van der Waals surface area contributed by atoms with Gasteiger partial charge >= 0.3 is 0 Å². The minimum absolute atomic E-state index is 0.0281. The molecule has 1 aromatic carbocycles. The van der Waals surface area contributed by atoms with Crippen molar-refractivity contribution < 1.29 is 4.79 Å². The highest BCUT2D eigenvalue weighted by Crippen LogP contribution is 2.40. The van der Waals surface area contributed by atoms with Crippen LogP contribution in [0.2, 0.25) is 0 Å². The van der Waals surface area contributed by atoms with E-state index >= 15 is 0 Å². The zero-order valence-corrected chi connectivity index (χ0v) is 12.0. The Balaban J connectivity index is 1.80. The third-order valence-electron chi connectivity index (χ3n) is 3.88. The highest BCUT2D eigenvalue weighted by atomic mass is 16.1. The van der Waals surface area contributed by atoms with E-state index in [0.717, 1.165) is 6.42 Å². The summed E-state index contributed by atoms with van der Waals surface area (Å²) in [6.07, 6.45) is 1.45. The Morgan fingerprint density at radius 2 is 2.00 bits per heavy atom. The van der Waals surface area contributed by atoms with Crippen molar-refractivity contribution in [3.8, 4) is 0 Å². The topological polar surface area (TPSA) is 55.1 Å². The van der Waals surface area contributed by atoms with Crippen LogP contribution in [-0.4, -0.2) is 18.0 Å². The number of rotatable bonds is 4. The molecule has 3 atom stereocenters. The van der Waals surface area contributed by atoms with Gasteiger partial charge in [0, 0.05) is 24.4 Å². The van der Waals surface area contributed by atoms with Crippen molar-refractivity contribution in [3.63, 3.8) is 0 Å². The molecule has 1 aliphatic rings. The van der Waals surface area contributed by atoms with E-state index in [1.54, 1.807) is 0 Å². The maximum absolute atomic E-state index is 11.9. The summed E-state index contributed by atoms with van der Waals surface area (Å²) in [5.41, 5.74) is 7.32. The first-order valence-electron chi connectivity index (χ1n) is 6.98. The fourth-order valence-electron chi connectivity index (χ4n) is 2.19. The average molecular weight is 260 g/mol. The fourth-order valence-corrected chi connectivity index (χ4v) is 2.19. The van der Waals surface area contributed by atoms with Gasteiger partial charge in [-0.2, -0.15) is 0 Å². The minimum Gasteiger partial charge on any atom is -0.353 e. The van der Waals surface area contributed by atoms with Crippen molar-refractivity contribution in [2.75, 3.05) is 0 Å². The number of carbonyl (C=O) groups excluding carboxylic acids is 1. The maximum Gasteiger partial charge on any atom is 0.221 e. The minimum atomic E-state index is -0.0959. The van der Waals surface area contributed by atoms with E-state index < -0.39 is 0 Å². The summed E-state index contributed by atoms with van der Waals surface area (Å²) in [7, 11) is 0. The summed E-state index contributed by atoms with van der Waals surface area (Å²) < 4.78 is 0. The molecule has 0 aromatic heterocycles. The van der Waals surface area contributed by atoms with Gasteiger partial charge in [0.05, 0.1) is 0 Å². The Kier molecular flexibility index (Phi) is 3.95. The van der Waals surface area contributed by atoms with Crippen LogP contribution < -0.4 is 11.1 Å². The monoisotopic (exact) mass is 260 g/mol. The predicted octanol–water partition coefficient (Wildman–Crippen LogP) is 2.42. The summed E-state index contributed by atoms with van der Waals surface area (Å²) in [4.78, 5) is 11.9. The van der Waals surface area contributed by atoms with Crippen LogP contribution >= 0.6 is 0 Å². The SMILES string of the molecule is CC(C)(C)C(N)CC(=O)NC1CC1c1ccccc1. The number of carbonyl (C=O) groups is 1. The summed E-state index contributed by atoms with van der Waals surface area (Å²) in [5.74, 6) is 0.557. The molecule has 1 amide bonds. The van der Waals surface area contributed by atoms with E-state index in [9.17, 15) is 4.79 Å². The molecule has 1 aromatic rings. The molecule has 3 unspecified atom stereocenters. The Hall–Kier alpha value is -1.35. The molecule has 1 saturated carbocycles. The van der Waals surface area contributed by atoms with E-state index in [0.29, 0.717) is 18.4 Å². The molecular formula is C16H24N2O. The smallest absolute Gasteiger partial charge is 0.221 e. The summed E-state index contributed by atoms with van der Waals surface area (Å²) in [5, 5.41) is 3.09. The predicted molar refractivity (Wildman–Crippen MR) is 77.8 cm³/mol. The first kappa shape index (κ1) is 14.1. The van der Waals surface area contributed by atoms with Gasteiger partial charge < -0.3 is 11.1 Å². The third-order valence-corrected chi connectivity index (χ3v) is 3.88. The molecule has 3 heteroatoms. The molecular weight excluding hydrogens is 236 g/mol. The van der Waals surface area contributed by atoms with Crippen LogP contribution in [0.4, 0.5) is 0 Å². The number of nitrogens with one attached hydrogen (secondary N) is 1. The molecule has 1 fully saturated rings. The molecule has 0 aliphatic heterocycles. The van der Waals surface area contributed by atoms with Gasteiger partial charge in [0.15, 0.2) is 0 Å². The van der Waals surface area contributed by atoms with Crippen molar-refractivity contribution in [3.05, 3.63) is 35.9 Å². The van der Waals surface area contributed by atoms with Crippen molar-refractivity contribution in [1.29, 1.82) is 0 Å². The lowest BCUT2D eigenvalue weighted by atomic mass is 9.85. The van der Waals surface area contributed by atoms with Crippen LogP contribution in [0.25, 0.3) is 0 Å². The first-order valence-corrected chi connectivity index (χ1v) is 6.98. The normalized spacial score (nSPS) is 23.8. The van der Waals surface area contributed by atoms with Crippen LogP contribution in [0.1, 0.15) is 45.1 Å². The third kappa shape index (κ3) is 3.80. The molecule has 0 heterocycles. The second-order valence-electron chi connectivity index (χ2n) is 6.60. The standard InChI is InChI=1S/C16H24N2O/c1-16(2,3)14(17)10-15(19)18-13-9-12(13)11-7-5-4-6-8-11/h4-8,12-14H,9-10,17H2,1-3H3,(H,18,19). The van der Waals surface area contributed by atoms with Gasteiger partial charge in [-0.3, -0.25) is 4.79 Å². The number of benzene rings is 1. The Bertz CT molecular complexity index is 436. The average Bonchev–Trinajstić information content (AvgIpc) is 3.08. The maximum atomic E-state index is 11.9. The number of hydrogen-bond acceptors (Lipinski definition) is 2. The van der Waals surface area contributed by atoms with Gasteiger partial charge in [-0.25, -0.2) is 0 Å². The molecule has 0 saturated heterocycles. The lowest BCUT2D eigenvalue weighted by molar-refractivity contribution is -0.122. The molecule has 3 nitrogen and oxygen atoms in total. The van der Waals surface area contributed by atoms with Gasteiger partial charge in [0.2, 0.25) is 5.91 Å². The molecule has 0 radical (unpaired) electrons. The quantitative estimate of drug-likeness (QED) is 0.873. The van der Waals surface area contributed by atoms with E-state index in [1.807, 2.05) is 18.2 Å². The van der Waals surface area contributed by atoms with Gasteiger partial charge in [-0.15, -0.1) is 0 Å². The zero-order valence-electron chi connectivity index (χ0n) is 12.0. The number of amides is 1. The van der Waals surface area contributed by atoms with Crippen LogP contribution in [0.3, 0.4) is 0 Å². The molecule has 0 spiro atoms. The van der Waals surface area contributed by atoms with E-state index in [1.165, 1.54) is 5.56 Å². The molecule has 104 valence electrons. The largest absolute Gasteiger partial charge is 0.353 e. The molecule has 1 aliphatic carbocycles. The van der Waals surface area contributed by atoms with E-state index in [-0.39, 0.29) is 17.4 Å². The first-order chi connectivity index (χ1) is 8.88. The summed E-state index contributed by atoms with van der Waals surface area (Å²) in [6.45, 7) is 6.19. The molecule has 3 N–H and O–H groups in total. The number of hydrogen-bond donors (Lipinski definition) is 2. The van der Waals surface area contributed by atoms with Crippen LogP contribution in [-0.2, 0) is 4.79 Å². The van der Waals surface area contributed by atoms with Crippen LogP contribution in [0.15, 0.2) is 30.3 Å². The van der Waals surface area contributed by atoms with Gasteiger partial charge in [0.1, 0.15) is 0 Å². The van der Waals surface area contributed by atoms with Gasteiger partial charge in [-0.1, -0.05) is 51.1 Å². The van der Waals surface area contributed by atoms with Crippen LogP contribution in [0.5, 0.6) is 0 Å². The number of nitrogens with two attached hydrogens (primary N) is 1. The van der Waals surface area contributed by atoms with Crippen molar-refractivity contribution in [1.82, 2.24) is 5.32 Å². The fraction of sp³-hybridized carbons (Fsp3) is 0.562. The second kappa shape index (κ2) is 5.33. The summed E-state index contributed by atoms with van der Waals surface area (Å²) in [6, 6.07) is 10.5. The van der Waals surface area contributed by atoms with Gasteiger partial charge in [0.25, 0.3) is 0 Å². The molecule has 0 bridgehead atoms.